The van der Waals surface area contributed by atoms with E-state index < -0.39 is 23.7 Å². The highest BCUT2D eigenvalue weighted by Crippen LogP contribution is 2.00. The second-order valence-electron chi connectivity index (χ2n) is 3.55. The van der Waals surface area contributed by atoms with E-state index in [-0.39, 0.29) is 12.3 Å². The number of amides is 1. The maximum Gasteiger partial charge on any atom is 0.325 e. The second kappa shape index (κ2) is 5.36. The predicted octanol–water partition coefficient (Wildman–Crippen LogP) is 0.191. The predicted molar refractivity (Wildman–Crippen MR) is 49.7 cm³/mol. The summed E-state index contributed by atoms with van der Waals surface area (Å²) in [5.41, 5.74) is 0. The monoisotopic (exact) mass is 201 g/mol. The summed E-state index contributed by atoms with van der Waals surface area (Å²) in [7, 11) is 0. The fourth-order valence-corrected chi connectivity index (χ4v) is 0.802. The highest BCUT2D eigenvalue weighted by molar-refractivity contribution is 6.36. The summed E-state index contributed by atoms with van der Waals surface area (Å²) in [6.45, 7) is 4.93. The Hall–Kier alpha value is -1.39. The van der Waals surface area contributed by atoms with Crippen LogP contribution in [0.25, 0.3) is 0 Å². The van der Waals surface area contributed by atoms with Crippen LogP contribution in [0.2, 0.25) is 0 Å². The van der Waals surface area contributed by atoms with Crippen LogP contribution in [0.3, 0.4) is 0 Å². The maximum atomic E-state index is 11.1. The quantitative estimate of drug-likeness (QED) is 0.622. The Bertz CT molecular complexity index is 247. The minimum atomic E-state index is -1.16. The van der Waals surface area contributed by atoms with E-state index in [4.69, 9.17) is 5.11 Å². The van der Waals surface area contributed by atoms with Gasteiger partial charge in [-0.05, 0) is 12.8 Å². The maximum absolute atomic E-state index is 11.1. The Labute approximate surface area is 82.5 Å². The molecule has 0 aliphatic heterocycles. The first-order valence-corrected chi connectivity index (χ1v) is 4.41. The zero-order valence-corrected chi connectivity index (χ0v) is 8.53. The molecule has 0 aromatic rings. The van der Waals surface area contributed by atoms with Crippen LogP contribution >= 0.6 is 0 Å². The van der Waals surface area contributed by atoms with Gasteiger partial charge in [0.1, 0.15) is 6.04 Å². The molecule has 80 valence electrons. The van der Waals surface area contributed by atoms with Crippen molar-refractivity contribution in [3.63, 3.8) is 0 Å². The molecule has 0 aromatic carbocycles. The summed E-state index contributed by atoms with van der Waals surface area (Å²) in [5.74, 6) is -2.47. The molecule has 0 aliphatic carbocycles. The van der Waals surface area contributed by atoms with E-state index in [9.17, 15) is 14.4 Å². The van der Waals surface area contributed by atoms with Crippen LogP contribution < -0.4 is 5.32 Å². The van der Waals surface area contributed by atoms with Crippen molar-refractivity contribution in [3.05, 3.63) is 0 Å². The fourth-order valence-electron chi connectivity index (χ4n) is 0.802. The SMILES string of the molecule is CC(C)CC(=O)C(=O)NC(C)C(=O)O. The summed E-state index contributed by atoms with van der Waals surface area (Å²) in [6, 6.07) is -1.03. The lowest BCUT2D eigenvalue weighted by molar-refractivity contribution is -0.144. The van der Waals surface area contributed by atoms with Gasteiger partial charge in [-0.3, -0.25) is 14.4 Å². The zero-order chi connectivity index (χ0) is 11.3. The summed E-state index contributed by atoms with van der Waals surface area (Å²) in [6.07, 6.45) is 0.137. The van der Waals surface area contributed by atoms with E-state index in [2.05, 4.69) is 5.32 Å². The Balaban J connectivity index is 4.08. The van der Waals surface area contributed by atoms with Crippen molar-refractivity contribution >= 4 is 17.7 Å². The van der Waals surface area contributed by atoms with Gasteiger partial charge in [-0.25, -0.2) is 0 Å². The number of hydrogen-bond donors (Lipinski definition) is 2. The van der Waals surface area contributed by atoms with Crippen molar-refractivity contribution in [1.29, 1.82) is 0 Å². The highest BCUT2D eigenvalue weighted by Gasteiger charge is 2.20. The van der Waals surface area contributed by atoms with E-state index in [1.165, 1.54) is 6.92 Å². The molecule has 5 heteroatoms. The molecule has 0 heterocycles. The van der Waals surface area contributed by atoms with E-state index in [1.54, 1.807) is 0 Å². The van der Waals surface area contributed by atoms with Gasteiger partial charge in [0, 0.05) is 6.42 Å². The van der Waals surface area contributed by atoms with Crippen molar-refractivity contribution in [2.24, 2.45) is 5.92 Å². The summed E-state index contributed by atoms with van der Waals surface area (Å²) in [5, 5.41) is 10.6. The minimum absolute atomic E-state index is 0.0911. The van der Waals surface area contributed by atoms with Crippen molar-refractivity contribution in [3.8, 4) is 0 Å². The van der Waals surface area contributed by atoms with Crippen LogP contribution in [0.4, 0.5) is 0 Å². The van der Waals surface area contributed by atoms with Crippen LogP contribution in [0.5, 0.6) is 0 Å². The molecule has 14 heavy (non-hydrogen) atoms. The van der Waals surface area contributed by atoms with Crippen LogP contribution in [0, 0.1) is 5.92 Å². The first kappa shape index (κ1) is 12.6. The number of rotatable bonds is 5. The summed E-state index contributed by atoms with van der Waals surface area (Å²) >= 11 is 0. The van der Waals surface area contributed by atoms with E-state index in [1.807, 2.05) is 13.8 Å². The van der Waals surface area contributed by atoms with Crippen molar-refractivity contribution in [2.75, 3.05) is 0 Å². The van der Waals surface area contributed by atoms with E-state index in [0.717, 1.165) is 0 Å². The zero-order valence-electron chi connectivity index (χ0n) is 8.53. The lowest BCUT2D eigenvalue weighted by Gasteiger charge is -2.08. The number of Topliss-reactive ketones (excluding diaryl/α,β-unsaturated/α-hetero) is 1. The standard InChI is InChI=1S/C9H15NO4/c1-5(2)4-7(11)8(12)10-6(3)9(13)14/h5-6H,4H2,1-3H3,(H,10,12)(H,13,14). The molecular formula is C9H15NO4. The first-order chi connectivity index (χ1) is 6.34. The molecular weight excluding hydrogens is 186 g/mol. The van der Waals surface area contributed by atoms with E-state index in [0.29, 0.717) is 0 Å². The molecule has 0 saturated heterocycles. The number of hydrogen-bond acceptors (Lipinski definition) is 3. The molecule has 0 saturated carbocycles. The number of carbonyl (C=O) groups is 3. The molecule has 1 amide bonds. The average molecular weight is 201 g/mol. The molecule has 1 atom stereocenters. The minimum Gasteiger partial charge on any atom is -0.480 e. The topological polar surface area (TPSA) is 83.5 Å². The molecule has 0 rings (SSSR count). The molecule has 5 nitrogen and oxygen atoms in total. The number of nitrogens with one attached hydrogen (secondary N) is 1. The summed E-state index contributed by atoms with van der Waals surface area (Å²) in [4.78, 5) is 32.5. The van der Waals surface area contributed by atoms with Gasteiger partial charge in [0.25, 0.3) is 5.91 Å². The molecule has 0 fully saturated rings. The van der Waals surface area contributed by atoms with Crippen LogP contribution in [0.15, 0.2) is 0 Å². The Morgan fingerprint density at radius 1 is 1.21 bits per heavy atom. The van der Waals surface area contributed by atoms with Crippen LogP contribution in [-0.4, -0.2) is 28.8 Å². The Morgan fingerprint density at radius 2 is 1.71 bits per heavy atom. The molecule has 0 aliphatic rings. The van der Waals surface area contributed by atoms with Gasteiger partial charge >= 0.3 is 5.97 Å². The fraction of sp³-hybridized carbons (Fsp3) is 0.667. The van der Waals surface area contributed by atoms with Gasteiger partial charge in [-0.1, -0.05) is 13.8 Å². The van der Waals surface area contributed by atoms with Gasteiger partial charge in [-0.15, -0.1) is 0 Å². The number of carboxylic acid groups (broad SMARTS) is 1. The van der Waals surface area contributed by atoms with Gasteiger partial charge in [0.15, 0.2) is 0 Å². The number of carbonyl (C=O) groups excluding carboxylic acids is 2. The average Bonchev–Trinajstić information content (AvgIpc) is 2.02. The number of aliphatic carboxylic acids is 1. The van der Waals surface area contributed by atoms with Gasteiger partial charge in [0.05, 0.1) is 0 Å². The molecule has 1 unspecified atom stereocenters. The van der Waals surface area contributed by atoms with Gasteiger partial charge in [-0.2, -0.15) is 0 Å². The third kappa shape index (κ3) is 4.59. The van der Waals surface area contributed by atoms with Crippen molar-refractivity contribution in [1.82, 2.24) is 5.32 Å². The normalized spacial score (nSPS) is 12.3. The van der Waals surface area contributed by atoms with Crippen molar-refractivity contribution in [2.45, 2.75) is 33.2 Å². The van der Waals surface area contributed by atoms with Crippen molar-refractivity contribution < 1.29 is 19.5 Å². The lowest BCUT2D eigenvalue weighted by atomic mass is 10.1. The molecule has 0 aromatic heterocycles. The number of carboxylic acids is 1. The Kier molecular flexibility index (Phi) is 4.83. The van der Waals surface area contributed by atoms with Crippen LogP contribution in [0.1, 0.15) is 27.2 Å². The first-order valence-electron chi connectivity index (χ1n) is 4.41. The molecule has 0 bridgehead atoms. The lowest BCUT2D eigenvalue weighted by Crippen LogP contribution is -2.42. The Morgan fingerprint density at radius 3 is 2.07 bits per heavy atom. The van der Waals surface area contributed by atoms with Gasteiger partial charge < -0.3 is 10.4 Å². The van der Waals surface area contributed by atoms with Gasteiger partial charge in [0.2, 0.25) is 5.78 Å². The largest absolute Gasteiger partial charge is 0.480 e. The molecule has 0 spiro atoms. The summed E-state index contributed by atoms with van der Waals surface area (Å²) < 4.78 is 0. The third-order valence-electron chi connectivity index (χ3n) is 1.56. The number of ketones is 1. The molecule has 2 N–H and O–H groups in total. The van der Waals surface area contributed by atoms with E-state index >= 15 is 0 Å². The second-order valence-corrected chi connectivity index (χ2v) is 3.55. The third-order valence-corrected chi connectivity index (χ3v) is 1.56. The van der Waals surface area contributed by atoms with Crippen LogP contribution in [-0.2, 0) is 14.4 Å². The highest BCUT2D eigenvalue weighted by atomic mass is 16.4. The smallest absolute Gasteiger partial charge is 0.325 e. The molecule has 0 radical (unpaired) electrons.